The lowest BCUT2D eigenvalue weighted by atomic mass is 10.0. The molecule has 2 rings (SSSR count). The van der Waals surface area contributed by atoms with Crippen LogP contribution in [0.4, 0.5) is 0 Å². The molecule has 1 aromatic carbocycles. The largest absolute Gasteiger partial charge is 0.309 e. The second-order valence-electron chi connectivity index (χ2n) is 3.14. The van der Waals surface area contributed by atoms with Crippen LogP contribution in [0.5, 0.6) is 0 Å². The van der Waals surface area contributed by atoms with Gasteiger partial charge in [-0.1, -0.05) is 17.4 Å². The van der Waals surface area contributed by atoms with Gasteiger partial charge in [0.25, 0.3) is 0 Å². The van der Waals surface area contributed by atoms with E-state index in [1.54, 1.807) is 12.1 Å². The monoisotopic (exact) mass is 194 g/mol. The standard InChI is InChI=1S/C9H10N2O3/c12-9(11(13)14)7-3-1-2-6-4-10-5-8(6)7/h1-3,10,13-14H,4-5H2. The predicted molar refractivity (Wildman–Crippen MR) is 46.7 cm³/mol. The molecule has 0 spiro atoms. The summed E-state index contributed by atoms with van der Waals surface area (Å²) in [4.78, 5) is 11.3. The molecule has 0 saturated heterocycles. The Bertz CT molecular complexity index is 376. The molecule has 0 aromatic heterocycles. The molecular weight excluding hydrogens is 184 g/mol. The number of fused-ring (bicyclic) bond motifs is 1. The van der Waals surface area contributed by atoms with Gasteiger partial charge in [-0.25, -0.2) is 0 Å². The molecular formula is C9H10N2O3. The zero-order valence-electron chi connectivity index (χ0n) is 7.40. The number of carbonyl (C=O) groups is 1. The third-order valence-electron chi connectivity index (χ3n) is 2.30. The second-order valence-corrected chi connectivity index (χ2v) is 3.14. The number of nitrogens with zero attached hydrogens (tertiary/aromatic N) is 1. The summed E-state index contributed by atoms with van der Waals surface area (Å²) in [6.45, 7) is 1.30. The highest BCUT2D eigenvalue weighted by Crippen LogP contribution is 2.20. The number of nitrogens with one attached hydrogen (secondary N) is 1. The van der Waals surface area contributed by atoms with E-state index in [9.17, 15) is 4.79 Å². The number of hydrogen-bond acceptors (Lipinski definition) is 4. The molecule has 0 aliphatic carbocycles. The number of benzene rings is 1. The van der Waals surface area contributed by atoms with Gasteiger partial charge in [0.1, 0.15) is 0 Å². The maximum atomic E-state index is 11.3. The SMILES string of the molecule is O=C(c1cccc2c1CNC2)N(O)O. The third kappa shape index (κ3) is 1.37. The van der Waals surface area contributed by atoms with E-state index in [0.717, 1.165) is 11.1 Å². The lowest BCUT2D eigenvalue weighted by molar-refractivity contribution is -0.260. The molecule has 5 heteroatoms. The summed E-state index contributed by atoms with van der Waals surface area (Å²) in [5, 5.41) is 20.0. The van der Waals surface area contributed by atoms with Gasteiger partial charge < -0.3 is 5.32 Å². The molecule has 3 N–H and O–H groups in total. The molecule has 0 bridgehead atoms. The number of rotatable bonds is 1. The van der Waals surface area contributed by atoms with E-state index in [1.165, 1.54) is 0 Å². The predicted octanol–water partition coefficient (Wildman–Crippen LogP) is 0.510. The summed E-state index contributed by atoms with van der Waals surface area (Å²) in [7, 11) is 0. The van der Waals surface area contributed by atoms with E-state index in [0.29, 0.717) is 18.7 Å². The molecule has 1 aromatic rings. The van der Waals surface area contributed by atoms with E-state index in [-0.39, 0.29) is 5.23 Å². The fourth-order valence-electron chi connectivity index (χ4n) is 1.64. The molecule has 0 radical (unpaired) electrons. The van der Waals surface area contributed by atoms with Crippen LogP contribution in [-0.4, -0.2) is 21.5 Å². The first-order valence-electron chi connectivity index (χ1n) is 4.24. The van der Waals surface area contributed by atoms with Gasteiger partial charge in [-0.05, 0) is 17.2 Å². The van der Waals surface area contributed by atoms with Gasteiger partial charge in [0.15, 0.2) is 0 Å². The summed E-state index contributed by atoms with van der Waals surface area (Å²) < 4.78 is 0. The van der Waals surface area contributed by atoms with Gasteiger partial charge in [0.2, 0.25) is 0 Å². The van der Waals surface area contributed by atoms with E-state index in [4.69, 9.17) is 10.4 Å². The lowest BCUT2D eigenvalue weighted by Gasteiger charge is -2.09. The van der Waals surface area contributed by atoms with Crippen LogP contribution in [-0.2, 0) is 13.1 Å². The Kier molecular flexibility index (Phi) is 2.20. The third-order valence-corrected chi connectivity index (χ3v) is 2.30. The van der Waals surface area contributed by atoms with Gasteiger partial charge in [0, 0.05) is 18.7 Å². The van der Waals surface area contributed by atoms with Crippen LogP contribution in [0.2, 0.25) is 0 Å². The van der Waals surface area contributed by atoms with Crippen LogP contribution < -0.4 is 5.32 Å². The Morgan fingerprint density at radius 3 is 2.86 bits per heavy atom. The van der Waals surface area contributed by atoms with Crippen LogP contribution in [0.15, 0.2) is 18.2 Å². The van der Waals surface area contributed by atoms with Crippen LogP contribution in [0.1, 0.15) is 21.5 Å². The molecule has 0 saturated carbocycles. The minimum atomic E-state index is -0.800. The second kappa shape index (κ2) is 3.38. The Hall–Kier alpha value is -1.43. The normalized spacial score (nSPS) is 13.9. The van der Waals surface area contributed by atoms with Gasteiger partial charge in [0.05, 0.1) is 0 Å². The van der Waals surface area contributed by atoms with Crippen LogP contribution in [0, 0.1) is 0 Å². The first-order valence-corrected chi connectivity index (χ1v) is 4.24. The molecule has 1 aliphatic rings. The molecule has 1 amide bonds. The number of amides is 1. The summed E-state index contributed by atoms with van der Waals surface area (Å²) in [6.07, 6.45) is 0. The summed E-state index contributed by atoms with van der Waals surface area (Å²) >= 11 is 0. The smallest absolute Gasteiger partial charge is 0.303 e. The Morgan fingerprint density at radius 1 is 1.36 bits per heavy atom. The van der Waals surface area contributed by atoms with Crippen LogP contribution in [0.3, 0.4) is 0 Å². The summed E-state index contributed by atoms with van der Waals surface area (Å²) in [5.41, 5.74) is 2.20. The zero-order chi connectivity index (χ0) is 10.1. The molecule has 1 aliphatic heterocycles. The first kappa shape index (κ1) is 9.14. The quantitative estimate of drug-likeness (QED) is 0.450. The minimum Gasteiger partial charge on any atom is -0.309 e. The van der Waals surface area contributed by atoms with Crippen LogP contribution in [0.25, 0.3) is 0 Å². The minimum absolute atomic E-state index is 0.331. The number of hydroxylamine groups is 2. The number of hydrogen-bond donors (Lipinski definition) is 3. The van der Waals surface area contributed by atoms with Crippen molar-refractivity contribution in [3.8, 4) is 0 Å². The molecule has 0 atom stereocenters. The maximum absolute atomic E-state index is 11.3. The summed E-state index contributed by atoms with van der Waals surface area (Å²) in [6, 6.07) is 5.21. The topological polar surface area (TPSA) is 72.8 Å². The van der Waals surface area contributed by atoms with Crippen molar-refractivity contribution in [1.29, 1.82) is 0 Å². The van der Waals surface area contributed by atoms with Crippen molar-refractivity contribution < 1.29 is 15.2 Å². The highest BCUT2D eigenvalue weighted by molar-refractivity contribution is 5.94. The maximum Gasteiger partial charge on any atom is 0.303 e. The van der Waals surface area contributed by atoms with Crippen molar-refractivity contribution in [2.45, 2.75) is 13.1 Å². The van der Waals surface area contributed by atoms with Crippen molar-refractivity contribution in [1.82, 2.24) is 10.5 Å². The highest BCUT2D eigenvalue weighted by Gasteiger charge is 2.20. The van der Waals surface area contributed by atoms with E-state index in [1.807, 2.05) is 6.07 Å². The van der Waals surface area contributed by atoms with Crippen molar-refractivity contribution in [2.24, 2.45) is 0 Å². The number of carbonyl (C=O) groups excluding carboxylic acids is 1. The van der Waals surface area contributed by atoms with Crippen molar-refractivity contribution in [3.05, 3.63) is 34.9 Å². The molecule has 1 heterocycles. The average Bonchev–Trinajstić information content (AvgIpc) is 2.63. The Labute approximate surface area is 80.5 Å². The first-order chi connectivity index (χ1) is 6.70. The van der Waals surface area contributed by atoms with Gasteiger partial charge in [-0.2, -0.15) is 0 Å². The van der Waals surface area contributed by atoms with E-state index in [2.05, 4.69) is 5.32 Å². The molecule has 14 heavy (non-hydrogen) atoms. The van der Waals surface area contributed by atoms with E-state index >= 15 is 0 Å². The molecule has 0 fully saturated rings. The van der Waals surface area contributed by atoms with Gasteiger partial charge >= 0.3 is 5.91 Å². The lowest BCUT2D eigenvalue weighted by Crippen LogP contribution is -2.24. The molecule has 5 nitrogen and oxygen atoms in total. The van der Waals surface area contributed by atoms with Crippen molar-refractivity contribution in [3.63, 3.8) is 0 Å². The van der Waals surface area contributed by atoms with Gasteiger partial charge in [-0.15, -0.1) is 0 Å². The molecule has 0 unspecified atom stereocenters. The molecule has 74 valence electrons. The van der Waals surface area contributed by atoms with Gasteiger partial charge in [-0.3, -0.25) is 15.2 Å². The summed E-state index contributed by atoms with van der Waals surface area (Å²) in [5.74, 6) is -0.800. The average molecular weight is 194 g/mol. The van der Waals surface area contributed by atoms with E-state index < -0.39 is 5.91 Å². The Morgan fingerprint density at radius 2 is 2.14 bits per heavy atom. The Balaban J connectivity index is 2.44. The highest BCUT2D eigenvalue weighted by atomic mass is 16.8. The fraction of sp³-hybridized carbons (Fsp3) is 0.222. The zero-order valence-corrected chi connectivity index (χ0v) is 7.40. The van der Waals surface area contributed by atoms with Crippen molar-refractivity contribution >= 4 is 5.91 Å². The fourth-order valence-corrected chi connectivity index (χ4v) is 1.64. The van der Waals surface area contributed by atoms with Crippen molar-refractivity contribution in [2.75, 3.05) is 0 Å². The van der Waals surface area contributed by atoms with Crippen LogP contribution >= 0.6 is 0 Å².